The van der Waals surface area contributed by atoms with E-state index < -0.39 is 27.7 Å². The van der Waals surface area contributed by atoms with Gasteiger partial charge in [0.25, 0.3) is 15.9 Å². The number of sulfonamides is 1. The van der Waals surface area contributed by atoms with Gasteiger partial charge in [0.2, 0.25) is 5.91 Å². The van der Waals surface area contributed by atoms with E-state index in [1.54, 1.807) is 30.3 Å². The Kier molecular flexibility index (Phi) is 7.06. The predicted molar refractivity (Wildman–Crippen MR) is 118 cm³/mol. The lowest BCUT2D eigenvalue weighted by molar-refractivity contribution is -0.115. The first-order valence-corrected chi connectivity index (χ1v) is 10.9. The standard InChI is InChI=1S/C22H20FN3O5S/c1-31-20-12-9-17(25-21(27)14-24-22(28)15-5-3-2-4-6-15)13-19(20)26-32(29,30)18-10-7-16(23)8-11-18/h2-13,26H,14H2,1H3,(H,24,28)(H,25,27). The maximum absolute atomic E-state index is 13.1. The first kappa shape index (κ1) is 22.8. The summed E-state index contributed by atoms with van der Waals surface area (Å²) in [6.45, 7) is -0.281. The molecule has 0 heterocycles. The molecule has 2 amide bonds. The average Bonchev–Trinajstić information content (AvgIpc) is 2.78. The fourth-order valence-electron chi connectivity index (χ4n) is 2.74. The number of anilines is 2. The Labute approximate surface area is 184 Å². The van der Waals surface area contributed by atoms with Gasteiger partial charge in [-0.1, -0.05) is 18.2 Å². The highest BCUT2D eigenvalue weighted by Gasteiger charge is 2.18. The number of carbonyl (C=O) groups is 2. The van der Waals surface area contributed by atoms with Crippen LogP contribution in [0.5, 0.6) is 5.75 Å². The first-order chi connectivity index (χ1) is 15.3. The molecule has 0 fully saturated rings. The molecule has 0 saturated carbocycles. The second-order valence-corrected chi connectivity index (χ2v) is 8.25. The van der Waals surface area contributed by atoms with Gasteiger partial charge in [-0.15, -0.1) is 0 Å². The zero-order valence-corrected chi connectivity index (χ0v) is 17.8. The number of methoxy groups -OCH3 is 1. The van der Waals surface area contributed by atoms with Crippen molar-refractivity contribution in [1.29, 1.82) is 0 Å². The van der Waals surface area contributed by atoms with Crippen LogP contribution in [0.1, 0.15) is 10.4 Å². The molecule has 0 bridgehead atoms. The van der Waals surface area contributed by atoms with E-state index in [4.69, 9.17) is 4.74 Å². The molecule has 0 saturated heterocycles. The highest BCUT2D eigenvalue weighted by atomic mass is 32.2. The third-order valence-corrected chi connectivity index (χ3v) is 5.68. The van der Waals surface area contributed by atoms with Gasteiger partial charge in [-0.3, -0.25) is 14.3 Å². The number of halogens is 1. The Balaban J connectivity index is 1.69. The number of carbonyl (C=O) groups excluding carboxylic acids is 2. The molecule has 0 unspecified atom stereocenters. The van der Waals surface area contributed by atoms with Crippen LogP contribution >= 0.6 is 0 Å². The smallest absolute Gasteiger partial charge is 0.262 e. The Morgan fingerprint density at radius 3 is 2.31 bits per heavy atom. The van der Waals surface area contributed by atoms with E-state index in [0.29, 0.717) is 5.56 Å². The molecule has 32 heavy (non-hydrogen) atoms. The molecular formula is C22H20FN3O5S. The van der Waals surface area contributed by atoms with Crippen molar-refractivity contribution in [2.45, 2.75) is 4.90 Å². The summed E-state index contributed by atoms with van der Waals surface area (Å²) in [4.78, 5) is 24.1. The summed E-state index contributed by atoms with van der Waals surface area (Å²) in [5.41, 5.74) is 0.770. The van der Waals surface area contributed by atoms with Crippen LogP contribution in [-0.4, -0.2) is 33.9 Å². The maximum atomic E-state index is 13.1. The van der Waals surface area contributed by atoms with Crippen molar-refractivity contribution in [2.75, 3.05) is 23.7 Å². The van der Waals surface area contributed by atoms with Crippen LogP contribution in [0, 0.1) is 5.82 Å². The summed E-state index contributed by atoms with van der Waals surface area (Å²) in [5, 5.41) is 5.08. The lowest BCUT2D eigenvalue weighted by Gasteiger charge is -2.14. The van der Waals surface area contributed by atoms with Crippen molar-refractivity contribution in [3.63, 3.8) is 0 Å². The van der Waals surface area contributed by atoms with Gasteiger partial charge in [-0.25, -0.2) is 12.8 Å². The van der Waals surface area contributed by atoms with Gasteiger partial charge in [0.1, 0.15) is 11.6 Å². The van der Waals surface area contributed by atoms with Crippen molar-refractivity contribution in [3.05, 3.63) is 84.2 Å². The van der Waals surface area contributed by atoms with E-state index in [1.165, 1.54) is 25.3 Å². The summed E-state index contributed by atoms with van der Waals surface area (Å²) in [6, 6.07) is 17.1. The van der Waals surface area contributed by atoms with Gasteiger partial charge in [-0.05, 0) is 54.6 Å². The number of amides is 2. The molecule has 0 aliphatic heterocycles. The molecular weight excluding hydrogens is 437 g/mol. The number of benzene rings is 3. The number of hydrogen-bond acceptors (Lipinski definition) is 5. The lowest BCUT2D eigenvalue weighted by atomic mass is 10.2. The zero-order valence-electron chi connectivity index (χ0n) is 17.0. The van der Waals surface area contributed by atoms with Gasteiger partial charge in [0.15, 0.2) is 0 Å². The first-order valence-electron chi connectivity index (χ1n) is 9.38. The van der Waals surface area contributed by atoms with E-state index in [2.05, 4.69) is 15.4 Å². The summed E-state index contributed by atoms with van der Waals surface area (Å²) in [5.74, 6) is -1.26. The van der Waals surface area contributed by atoms with E-state index in [9.17, 15) is 22.4 Å². The van der Waals surface area contributed by atoms with E-state index >= 15 is 0 Å². The fraction of sp³-hybridized carbons (Fsp3) is 0.0909. The molecule has 8 nitrogen and oxygen atoms in total. The Morgan fingerprint density at radius 1 is 0.969 bits per heavy atom. The molecule has 166 valence electrons. The van der Waals surface area contributed by atoms with E-state index in [1.807, 2.05) is 0 Å². The third-order valence-electron chi connectivity index (χ3n) is 4.30. The second kappa shape index (κ2) is 9.92. The van der Waals surface area contributed by atoms with E-state index in [0.717, 1.165) is 24.3 Å². The average molecular weight is 457 g/mol. The van der Waals surface area contributed by atoms with Crippen molar-refractivity contribution < 1.29 is 27.1 Å². The molecule has 0 radical (unpaired) electrons. The van der Waals surface area contributed by atoms with Crippen molar-refractivity contribution in [1.82, 2.24) is 5.32 Å². The van der Waals surface area contributed by atoms with Gasteiger partial charge in [0, 0.05) is 11.3 Å². The zero-order chi connectivity index (χ0) is 23.1. The molecule has 0 atom stereocenters. The Hall–Kier alpha value is -3.92. The van der Waals surface area contributed by atoms with Crippen molar-refractivity contribution in [3.8, 4) is 5.75 Å². The van der Waals surface area contributed by atoms with Crippen LogP contribution in [0.3, 0.4) is 0 Å². The number of hydrogen-bond donors (Lipinski definition) is 3. The minimum atomic E-state index is -4.03. The number of rotatable bonds is 8. The van der Waals surface area contributed by atoms with Gasteiger partial charge >= 0.3 is 0 Å². The van der Waals surface area contributed by atoms with Crippen molar-refractivity contribution >= 4 is 33.2 Å². The SMILES string of the molecule is COc1ccc(NC(=O)CNC(=O)c2ccccc2)cc1NS(=O)(=O)c1ccc(F)cc1. The summed E-state index contributed by atoms with van der Waals surface area (Å²) >= 11 is 0. The molecule has 0 spiro atoms. The molecule has 3 aromatic rings. The molecule has 3 N–H and O–H groups in total. The van der Waals surface area contributed by atoms with Crippen LogP contribution in [0.4, 0.5) is 15.8 Å². The monoisotopic (exact) mass is 457 g/mol. The Morgan fingerprint density at radius 2 is 1.66 bits per heavy atom. The van der Waals surface area contributed by atoms with Crippen LogP contribution in [0.2, 0.25) is 0 Å². The van der Waals surface area contributed by atoms with E-state index in [-0.39, 0.29) is 28.6 Å². The minimum absolute atomic E-state index is 0.0722. The van der Waals surface area contributed by atoms with Crippen LogP contribution in [0.15, 0.2) is 77.7 Å². The molecule has 3 rings (SSSR count). The molecule has 0 aliphatic carbocycles. The minimum Gasteiger partial charge on any atom is -0.495 e. The molecule has 10 heteroatoms. The number of ether oxygens (including phenoxy) is 1. The third kappa shape index (κ3) is 5.82. The highest BCUT2D eigenvalue weighted by molar-refractivity contribution is 7.92. The maximum Gasteiger partial charge on any atom is 0.262 e. The molecule has 0 aromatic heterocycles. The van der Waals surface area contributed by atoms with Gasteiger partial charge < -0.3 is 15.4 Å². The summed E-state index contributed by atoms with van der Waals surface area (Å²) in [6.07, 6.45) is 0. The quantitative estimate of drug-likeness (QED) is 0.481. The predicted octanol–water partition coefficient (Wildman–Crippen LogP) is 3.00. The topological polar surface area (TPSA) is 114 Å². The van der Waals surface area contributed by atoms with Crippen molar-refractivity contribution in [2.24, 2.45) is 0 Å². The fourth-order valence-corrected chi connectivity index (χ4v) is 3.80. The largest absolute Gasteiger partial charge is 0.495 e. The second-order valence-electron chi connectivity index (χ2n) is 6.57. The molecule has 3 aromatic carbocycles. The normalized spacial score (nSPS) is 10.8. The Bertz CT molecular complexity index is 1220. The van der Waals surface area contributed by atoms with Crippen LogP contribution < -0.4 is 20.1 Å². The highest BCUT2D eigenvalue weighted by Crippen LogP contribution is 2.30. The van der Waals surface area contributed by atoms with Crippen LogP contribution in [0.25, 0.3) is 0 Å². The van der Waals surface area contributed by atoms with Crippen LogP contribution in [-0.2, 0) is 14.8 Å². The van der Waals surface area contributed by atoms with Gasteiger partial charge in [0.05, 0.1) is 24.2 Å². The summed E-state index contributed by atoms with van der Waals surface area (Å²) < 4.78 is 45.8. The molecule has 0 aliphatic rings. The summed E-state index contributed by atoms with van der Waals surface area (Å²) in [7, 11) is -2.66. The number of nitrogens with one attached hydrogen (secondary N) is 3. The lowest BCUT2D eigenvalue weighted by Crippen LogP contribution is -2.32. The van der Waals surface area contributed by atoms with Gasteiger partial charge in [-0.2, -0.15) is 0 Å².